The Morgan fingerprint density at radius 1 is 1.03 bits per heavy atom. The van der Waals surface area contributed by atoms with Crippen molar-refractivity contribution in [2.45, 2.75) is 58.0 Å². The first-order valence-corrected chi connectivity index (χ1v) is 11.5. The van der Waals surface area contributed by atoms with Gasteiger partial charge in [0.25, 0.3) is 0 Å². The van der Waals surface area contributed by atoms with E-state index in [0.29, 0.717) is 12.8 Å². The molecule has 1 aliphatic carbocycles. The highest BCUT2D eigenvalue weighted by Crippen LogP contribution is 2.29. The Hall–Kier alpha value is -3.19. The second kappa shape index (κ2) is 11.6. The molecule has 0 saturated heterocycles. The fourth-order valence-corrected chi connectivity index (χ4v) is 4.08. The van der Waals surface area contributed by atoms with Crippen LogP contribution in [-0.4, -0.2) is 43.1 Å². The molecule has 0 aliphatic heterocycles. The average molecular weight is 453 g/mol. The zero-order valence-electron chi connectivity index (χ0n) is 19.3. The van der Waals surface area contributed by atoms with E-state index in [1.165, 1.54) is 18.1 Å². The lowest BCUT2D eigenvalue weighted by Crippen LogP contribution is -2.46. The monoisotopic (exact) mass is 452 g/mol. The fraction of sp³-hybridized carbons (Fsp3) is 0.423. The first kappa shape index (κ1) is 24.5. The number of hydrogen-bond donors (Lipinski definition) is 1. The Morgan fingerprint density at radius 3 is 2.45 bits per heavy atom. The molecule has 176 valence electrons. The van der Waals surface area contributed by atoms with Crippen molar-refractivity contribution in [3.63, 3.8) is 0 Å². The predicted molar refractivity (Wildman–Crippen MR) is 126 cm³/mol. The Morgan fingerprint density at radius 2 is 1.76 bits per heavy atom. The lowest BCUT2D eigenvalue weighted by molar-refractivity contribution is -0.159. The molecule has 7 nitrogen and oxygen atoms in total. The molecule has 3 rings (SSSR count). The molecule has 0 unspecified atom stereocenters. The van der Waals surface area contributed by atoms with Crippen molar-refractivity contribution < 1.29 is 23.9 Å². The Balaban J connectivity index is 1.90. The van der Waals surface area contributed by atoms with E-state index in [9.17, 15) is 14.4 Å². The van der Waals surface area contributed by atoms with Gasteiger partial charge < -0.3 is 20.1 Å². The van der Waals surface area contributed by atoms with Gasteiger partial charge in [-0.15, -0.1) is 0 Å². The molecule has 0 fully saturated rings. The van der Waals surface area contributed by atoms with E-state index in [2.05, 4.69) is 0 Å². The zero-order chi connectivity index (χ0) is 23.8. The van der Waals surface area contributed by atoms with E-state index in [1.807, 2.05) is 48.5 Å². The minimum absolute atomic E-state index is 0.228. The first-order chi connectivity index (χ1) is 15.9. The molecule has 2 aromatic carbocycles. The van der Waals surface area contributed by atoms with Crippen LogP contribution in [0.25, 0.3) is 0 Å². The summed E-state index contributed by atoms with van der Waals surface area (Å²) in [5.41, 5.74) is 9.83. The largest absolute Gasteiger partial charge is 0.464 e. The van der Waals surface area contributed by atoms with Crippen LogP contribution in [0, 0.1) is 0 Å². The third-order valence-corrected chi connectivity index (χ3v) is 5.78. The molecule has 1 aliphatic rings. The predicted octanol–water partition coefficient (Wildman–Crippen LogP) is 2.96. The number of fused-ring (bicyclic) bond motifs is 1. The summed E-state index contributed by atoms with van der Waals surface area (Å²) in [6.45, 7) is 3.17. The van der Waals surface area contributed by atoms with Gasteiger partial charge in [-0.25, -0.2) is 14.4 Å². The van der Waals surface area contributed by atoms with Crippen LogP contribution < -0.4 is 10.6 Å². The number of aryl methyl sites for hydroxylation is 3. The second-order valence-electron chi connectivity index (χ2n) is 8.31. The zero-order valence-corrected chi connectivity index (χ0v) is 19.3. The minimum atomic E-state index is -0.915. The van der Waals surface area contributed by atoms with Crippen LogP contribution >= 0.6 is 0 Å². The summed E-state index contributed by atoms with van der Waals surface area (Å²) in [5, 5.41) is 0. The van der Waals surface area contributed by atoms with Crippen molar-refractivity contribution in [3.8, 4) is 0 Å². The summed E-state index contributed by atoms with van der Waals surface area (Å²) < 4.78 is 10.3. The third-order valence-electron chi connectivity index (χ3n) is 5.78. The van der Waals surface area contributed by atoms with Crippen LogP contribution in [0.1, 0.15) is 43.4 Å². The molecule has 0 spiro atoms. The van der Waals surface area contributed by atoms with E-state index in [1.54, 1.807) is 11.8 Å². The molecular formula is C26H32N2O5. The standard InChI is InChI=1S/C26H32N2O5/c1-3-32-26(31)23(15-12-19-8-5-4-6-9-19)28(17-24(29)33-25(30)18(2)27)22-14-13-20-10-7-11-21(20)16-22/h4-6,8-9,13-14,16,18,23H,3,7,10-12,15,17,27H2,1-2H3/t18-,23-/m0/s1. The third kappa shape index (κ3) is 6.65. The van der Waals surface area contributed by atoms with Crippen LogP contribution in [0.2, 0.25) is 0 Å². The van der Waals surface area contributed by atoms with Crippen molar-refractivity contribution in [2.75, 3.05) is 18.1 Å². The van der Waals surface area contributed by atoms with E-state index in [0.717, 1.165) is 30.5 Å². The van der Waals surface area contributed by atoms with Gasteiger partial charge in [-0.05, 0) is 74.8 Å². The van der Waals surface area contributed by atoms with Crippen LogP contribution in [0.4, 0.5) is 5.69 Å². The van der Waals surface area contributed by atoms with Gasteiger partial charge in [0.1, 0.15) is 18.6 Å². The molecule has 2 N–H and O–H groups in total. The number of rotatable bonds is 10. The number of anilines is 1. The molecule has 0 aromatic heterocycles. The van der Waals surface area contributed by atoms with Gasteiger partial charge in [0.05, 0.1) is 6.61 Å². The summed E-state index contributed by atoms with van der Waals surface area (Å²) >= 11 is 0. The Labute approximate surface area is 194 Å². The van der Waals surface area contributed by atoms with Crippen LogP contribution in [-0.2, 0) is 43.1 Å². The number of ether oxygens (including phenoxy) is 2. The van der Waals surface area contributed by atoms with Gasteiger partial charge in [0, 0.05) is 5.69 Å². The SMILES string of the molecule is CCOC(=O)[C@H](CCc1ccccc1)N(CC(=O)OC(=O)[C@H](C)N)c1ccc2c(c1)CCC2. The summed E-state index contributed by atoms with van der Waals surface area (Å²) in [5.74, 6) is -1.97. The summed E-state index contributed by atoms with van der Waals surface area (Å²) in [7, 11) is 0. The molecule has 0 radical (unpaired) electrons. The number of hydrogen-bond acceptors (Lipinski definition) is 7. The maximum Gasteiger partial charge on any atom is 0.333 e. The minimum Gasteiger partial charge on any atom is -0.464 e. The van der Waals surface area contributed by atoms with Gasteiger partial charge in [-0.2, -0.15) is 0 Å². The van der Waals surface area contributed by atoms with Gasteiger partial charge in [-0.3, -0.25) is 0 Å². The summed E-state index contributed by atoms with van der Waals surface area (Å²) in [6.07, 6.45) is 4.13. The van der Waals surface area contributed by atoms with Crippen molar-refractivity contribution in [1.82, 2.24) is 0 Å². The Bertz CT molecular complexity index is 974. The molecule has 0 amide bonds. The van der Waals surface area contributed by atoms with Crippen molar-refractivity contribution >= 4 is 23.6 Å². The van der Waals surface area contributed by atoms with Gasteiger partial charge >= 0.3 is 17.9 Å². The van der Waals surface area contributed by atoms with E-state index >= 15 is 0 Å². The number of benzene rings is 2. The van der Waals surface area contributed by atoms with Gasteiger partial charge in [-0.1, -0.05) is 36.4 Å². The highest BCUT2D eigenvalue weighted by Gasteiger charge is 2.31. The molecule has 33 heavy (non-hydrogen) atoms. The number of carbonyl (C=O) groups is 3. The quantitative estimate of drug-likeness (QED) is 0.437. The Kier molecular flexibility index (Phi) is 8.60. The van der Waals surface area contributed by atoms with Crippen LogP contribution in [0.15, 0.2) is 48.5 Å². The topological polar surface area (TPSA) is 98.9 Å². The molecule has 0 bridgehead atoms. The van der Waals surface area contributed by atoms with Gasteiger partial charge in [0.2, 0.25) is 0 Å². The molecule has 7 heteroatoms. The number of nitrogens with zero attached hydrogens (tertiary/aromatic N) is 1. The lowest BCUT2D eigenvalue weighted by Gasteiger charge is -2.32. The van der Waals surface area contributed by atoms with E-state index < -0.39 is 30.0 Å². The lowest BCUT2D eigenvalue weighted by atomic mass is 10.0. The van der Waals surface area contributed by atoms with E-state index in [-0.39, 0.29) is 13.2 Å². The molecule has 2 atom stereocenters. The second-order valence-corrected chi connectivity index (χ2v) is 8.31. The number of carbonyl (C=O) groups excluding carboxylic acids is 3. The molecule has 0 heterocycles. The average Bonchev–Trinajstić information content (AvgIpc) is 3.27. The molecule has 0 saturated carbocycles. The highest BCUT2D eigenvalue weighted by molar-refractivity contribution is 5.91. The maximum atomic E-state index is 13.0. The van der Waals surface area contributed by atoms with Crippen molar-refractivity contribution in [1.29, 1.82) is 0 Å². The number of nitrogens with two attached hydrogens (primary N) is 1. The number of esters is 3. The van der Waals surface area contributed by atoms with E-state index in [4.69, 9.17) is 15.2 Å². The molecule has 2 aromatic rings. The highest BCUT2D eigenvalue weighted by atomic mass is 16.6. The smallest absolute Gasteiger partial charge is 0.333 e. The van der Waals surface area contributed by atoms with Gasteiger partial charge in [0.15, 0.2) is 0 Å². The first-order valence-electron chi connectivity index (χ1n) is 11.5. The van der Waals surface area contributed by atoms with Crippen LogP contribution in [0.3, 0.4) is 0 Å². The fourth-order valence-electron chi connectivity index (χ4n) is 4.08. The van der Waals surface area contributed by atoms with Crippen LogP contribution in [0.5, 0.6) is 0 Å². The summed E-state index contributed by atoms with van der Waals surface area (Å²) in [4.78, 5) is 39.2. The normalized spacial score (nSPS) is 14.2. The summed E-state index contributed by atoms with van der Waals surface area (Å²) in [6, 6.07) is 14.2. The molecular weight excluding hydrogens is 420 g/mol. The van der Waals surface area contributed by atoms with Crippen molar-refractivity contribution in [3.05, 3.63) is 65.2 Å². The van der Waals surface area contributed by atoms with Crippen molar-refractivity contribution in [2.24, 2.45) is 5.73 Å². The maximum absolute atomic E-state index is 13.0.